The van der Waals surface area contributed by atoms with E-state index in [9.17, 15) is 71.5 Å². The molecule has 16 atom stereocenters. The summed E-state index contributed by atoms with van der Waals surface area (Å²) in [5.41, 5.74) is 0.181. The Morgan fingerprint density at radius 3 is 1.96 bits per heavy atom. The molecule has 55 heavy (non-hydrogen) atoms. The molecule has 1 aliphatic carbocycles. The van der Waals surface area contributed by atoms with Crippen LogP contribution < -0.4 is 9.47 Å². The minimum absolute atomic E-state index is 0.0476. The van der Waals surface area contributed by atoms with Crippen LogP contribution in [0.1, 0.15) is 23.7 Å². The molecule has 2 aromatic rings. The van der Waals surface area contributed by atoms with Crippen molar-refractivity contribution in [1.82, 2.24) is 0 Å². The highest BCUT2D eigenvalue weighted by Gasteiger charge is 2.52. The number of phenols is 3. The van der Waals surface area contributed by atoms with E-state index in [2.05, 4.69) is 0 Å². The second kappa shape index (κ2) is 16.9. The van der Waals surface area contributed by atoms with Crippen LogP contribution in [0.5, 0.6) is 28.7 Å². The van der Waals surface area contributed by atoms with Gasteiger partial charge in [-0.3, -0.25) is 0 Å². The smallest absolute Gasteiger partial charge is 0.232 e. The molecule has 4 aliphatic rings. The molecule has 0 amide bonds. The maximum atomic E-state index is 11.0. The molecule has 0 bridgehead atoms. The van der Waals surface area contributed by atoms with Crippen LogP contribution in [0.15, 0.2) is 36.1 Å². The van der Waals surface area contributed by atoms with Gasteiger partial charge < -0.3 is 100 Å². The zero-order chi connectivity index (χ0) is 39.9. The van der Waals surface area contributed by atoms with Crippen LogP contribution in [0.3, 0.4) is 0 Å². The standard InChI is InChI=1S/C34H44O21/c35-8-12-4-19(24(42)27(45)23(12)41)49-17-5-13(38)6-18-14(17)7-20(31(50-18)11-1-2-15(39)16(40)3-11)54-55-34-32(29(47)26(44)22(10-37)52-34)53-33-30(48)28(46)25(43)21(9-36)51-33/h1-3,5-7,12,19,21-48H,4,8-10H2. The Morgan fingerprint density at radius 1 is 0.655 bits per heavy atom. The molecule has 3 fully saturated rings. The zero-order valence-corrected chi connectivity index (χ0v) is 28.6. The van der Waals surface area contributed by atoms with Gasteiger partial charge in [0.1, 0.15) is 84.4 Å². The lowest BCUT2D eigenvalue weighted by Gasteiger charge is -2.45. The van der Waals surface area contributed by atoms with E-state index >= 15 is 0 Å². The van der Waals surface area contributed by atoms with Crippen molar-refractivity contribution >= 4 is 6.08 Å². The van der Waals surface area contributed by atoms with Gasteiger partial charge in [0.2, 0.25) is 6.29 Å². The van der Waals surface area contributed by atoms with Gasteiger partial charge in [-0.1, -0.05) is 6.07 Å². The number of ether oxygens (including phenoxy) is 5. The molecule has 6 rings (SSSR count). The summed E-state index contributed by atoms with van der Waals surface area (Å²) in [6, 6.07) is 5.92. The fraction of sp³-hybridized carbons (Fsp3) is 0.588. The number of fused-ring (bicyclic) bond motifs is 1. The fourth-order valence-corrected chi connectivity index (χ4v) is 6.79. The third-order valence-electron chi connectivity index (χ3n) is 10.00. The first-order valence-corrected chi connectivity index (χ1v) is 17.2. The van der Waals surface area contributed by atoms with Gasteiger partial charge in [0.15, 0.2) is 29.7 Å². The van der Waals surface area contributed by atoms with Gasteiger partial charge >= 0.3 is 0 Å². The summed E-state index contributed by atoms with van der Waals surface area (Å²) in [6.07, 6.45) is -24.1. The molecule has 2 saturated heterocycles. The molecule has 0 aromatic heterocycles. The summed E-state index contributed by atoms with van der Waals surface area (Å²) < 4.78 is 28.8. The van der Waals surface area contributed by atoms with Crippen molar-refractivity contribution in [2.75, 3.05) is 19.8 Å². The van der Waals surface area contributed by atoms with E-state index in [0.717, 1.165) is 18.2 Å². The highest BCUT2D eigenvalue weighted by Crippen LogP contribution is 2.46. The molecule has 14 N–H and O–H groups in total. The maximum absolute atomic E-state index is 11.0. The molecule has 21 heteroatoms. The van der Waals surface area contributed by atoms with E-state index in [1.165, 1.54) is 18.2 Å². The first-order chi connectivity index (χ1) is 26.2. The van der Waals surface area contributed by atoms with Crippen molar-refractivity contribution in [3.8, 4) is 28.7 Å². The van der Waals surface area contributed by atoms with Crippen molar-refractivity contribution in [1.29, 1.82) is 0 Å². The number of benzene rings is 2. The van der Waals surface area contributed by atoms with E-state index in [1.54, 1.807) is 0 Å². The lowest BCUT2D eigenvalue weighted by molar-refractivity contribution is -0.433. The normalized spacial score (nSPS) is 39.1. The molecule has 306 valence electrons. The summed E-state index contributed by atoms with van der Waals surface area (Å²) in [5.74, 6) is -2.80. The summed E-state index contributed by atoms with van der Waals surface area (Å²) in [7, 11) is 0. The van der Waals surface area contributed by atoms with Crippen molar-refractivity contribution < 1.29 is 105 Å². The largest absolute Gasteiger partial charge is 0.508 e. The Hall–Kier alpha value is -3.62. The summed E-state index contributed by atoms with van der Waals surface area (Å²) in [6.45, 7) is -2.21. The van der Waals surface area contributed by atoms with Crippen LogP contribution in [-0.4, -0.2) is 177 Å². The number of rotatable bonds is 11. The molecule has 16 unspecified atom stereocenters. The second-order valence-electron chi connectivity index (χ2n) is 13.6. The maximum Gasteiger partial charge on any atom is 0.232 e. The van der Waals surface area contributed by atoms with Crippen LogP contribution in [0.4, 0.5) is 0 Å². The summed E-state index contributed by atoms with van der Waals surface area (Å²) >= 11 is 0. The molecular formula is C34H44O21. The van der Waals surface area contributed by atoms with Crippen LogP contribution in [0.25, 0.3) is 6.08 Å². The van der Waals surface area contributed by atoms with Gasteiger partial charge in [-0.25, -0.2) is 0 Å². The first kappa shape index (κ1) is 41.0. The predicted molar refractivity (Wildman–Crippen MR) is 175 cm³/mol. The summed E-state index contributed by atoms with van der Waals surface area (Å²) in [5, 5.41) is 144. The zero-order valence-electron chi connectivity index (χ0n) is 28.6. The van der Waals surface area contributed by atoms with Gasteiger partial charge in [-0.15, -0.1) is 0 Å². The second-order valence-corrected chi connectivity index (χ2v) is 13.6. The lowest BCUT2D eigenvalue weighted by Crippen LogP contribution is -2.64. The third kappa shape index (κ3) is 8.14. The Labute approximate surface area is 311 Å². The highest BCUT2D eigenvalue weighted by molar-refractivity contribution is 5.70. The average molecular weight is 789 g/mol. The SMILES string of the molecule is OCC1CC(Oc2cc(O)cc3c2C=C(OOC2OC(CO)C(O)C(O)C2OC2OC(CO)C(O)C(O)C2O)C(c2ccc(O)c(O)c2)O3)C(O)C(O)C1O. The number of aliphatic hydroxyl groups is 11. The fourth-order valence-electron chi connectivity index (χ4n) is 6.79. The molecule has 0 spiro atoms. The van der Waals surface area contributed by atoms with E-state index in [1.807, 2.05) is 0 Å². The number of hydrogen-bond donors (Lipinski definition) is 14. The number of hydrogen-bond acceptors (Lipinski definition) is 21. The molecule has 3 heterocycles. The Kier molecular flexibility index (Phi) is 12.6. The minimum atomic E-state index is -1.95. The topological polar surface area (TPSA) is 348 Å². The van der Waals surface area contributed by atoms with E-state index in [0.29, 0.717) is 0 Å². The van der Waals surface area contributed by atoms with E-state index in [4.69, 9.17) is 33.5 Å². The Morgan fingerprint density at radius 2 is 1.31 bits per heavy atom. The Balaban J connectivity index is 1.33. The quantitative estimate of drug-likeness (QED) is 0.0582. The van der Waals surface area contributed by atoms with Crippen molar-refractivity contribution in [3.63, 3.8) is 0 Å². The summed E-state index contributed by atoms with van der Waals surface area (Å²) in [4.78, 5) is 11.3. The van der Waals surface area contributed by atoms with E-state index < -0.39 is 129 Å². The molecular weight excluding hydrogens is 744 g/mol. The highest BCUT2D eigenvalue weighted by atomic mass is 17.2. The number of phenolic OH excluding ortho intramolecular Hbond substituents is 3. The molecule has 0 radical (unpaired) electrons. The first-order valence-electron chi connectivity index (χ1n) is 17.2. The van der Waals surface area contributed by atoms with Crippen LogP contribution >= 0.6 is 0 Å². The van der Waals surface area contributed by atoms with Crippen molar-refractivity contribution in [3.05, 3.63) is 47.2 Å². The molecule has 21 nitrogen and oxygen atoms in total. The third-order valence-corrected chi connectivity index (χ3v) is 10.00. The predicted octanol–water partition coefficient (Wildman–Crippen LogP) is -4.31. The van der Waals surface area contributed by atoms with Crippen LogP contribution in [-0.2, 0) is 24.0 Å². The van der Waals surface area contributed by atoms with Gasteiger partial charge in [0.25, 0.3) is 0 Å². The number of aliphatic hydroxyl groups excluding tert-OH is 11. The molecule has 1 saturated carbocycles. The Bertz CT molecular complexity index is 1650. The van der Waals surface area contributed by atoms with Crippen LogP contribution in [0.2, 0.25) is 0 Å². The minimum Gasteiger partial charge on any atom is -0.508 e. The van der Waals surface area contributed by atoms with Gasteiger partial charge in [-0.2, -0.15) is 4.89 Å². The van der Waals surface area contributed by atoms with Gasteiger partial charge in [-0.05, 0) is 24.6 Å². The average Bonchev–Trinajstić information content (AvgIpc) is 3.17. The van der Waals surface area contributed by atoms with Crippen LogP contribution in [0, 0.1) is 5.92 Å². The lowest BCUT2D eigenvalue weighted by atomic mass is 9.81. The van der Waals surface area contributed by atoms with Crippen molar-refractivity contribution in [2.45, 2.75) is 98.4 Å². The number of aromatic hydroxyl groups is 3. The van der Waals surface area contributed by atoms with Crippen molar-refractivity contribution in [2.24, 2.45) is 5.92 Å². The monoisotopic (exact) mass is 788 g/mol. The van der Waals surface area contributed by atoms with Gasteiger partial charge in [0, 0.05) is 30.2 Å². The molecule has 2 aromatic carbocycles. The van der Waals surface area contributed by atoms with E-state index in [-0.39, 0.29) is 40.6 Å². The van der Waals surface area contributed by atoms with Gasteiger partial charge in [0.05, 0.1) is 24.9 Å². The molecule has 3 aliphatic heterocycles.